The maximum Gasteiger partial charge on any atom is 0.313 e. The van der Waals surface area contributed by atoms with Gasteiger partial charge < -0.3 is 19.1 Å². The molecule has 2 amide bonds. The Morgan fingerprint density at radius 3 is 2.97 bits per heavy atom. The summed E-state index contributed by atoms with van der Waals surface area (Å²) in [5.41, 5.74) is -1.19. The average Bonchev–Trinajstić information content (AvgIpc) is 3.47. The minimum absolute atomic E-state index is 0.00924. The Bertz CT molecular complexity index is 1060. The van der Waals surface area contributed by atoms with Crippen LogP contribution in [-0.2, 0) is 32.3 Å². The number of thiophene rings is 1. The fourth-order valence-electron chi connectivity index (χ4n) is 3.66. The van der Waals surface area contributed by atoms with Gasteiger partial charge in [0.2, 0.25) is 4.21 Å². The largest absolute Gasteiger partial charge is 0.587 e. The summed E-state index contributed by atoms with van der Waals surface area (Å²) < 4.78 is 16.3. The summed E-state index contributed by atoms with van der Waals surface area (Å²) in [6.45, 7) is 5.48. The molecule has 0 aromatic carbocycles. The van der Waals surface area contributed by atoms with Gasteiger partial charge in [-0.05, 0) is 11.4 Å². The molecule has 2 aliphatic heterocycles. The molecular formula is C19H21N5O5S4. The molecule has 176 valence electrons. The summed E-state index contributed by atoms with van der Waals surface area (Å²) in [6.07, 6.45) is 3.25. The summed E-state index contributed by atoms with van der Waals surface area (Å²) >= 11 is 2.02. The third-order valence-corrected chi connectivity index (χ3v) is 10.9. The number of nitrogens with zero attached hydrogens (tertiary/aromatic N) is 5. The Morgan fingerprint density at radius 1 is 1.55 bits per heavy atom. The van der Waals surface area contributed by atoms with Crippen molar-refractivity contribution in [3.63, 3.8) is 0 Å². The molecule has 4 heterocycles. The van der Waals surface area contributed by atoms with Gasteiger partial charge in [-0.25, -0.2) is 0 Å². The minimum atomic E-state index is -1.80. The van der Waals surface area contributed by atoms with E-state index in [-0.39, 0.29) is 18.1 Å². The lowest BCUT2D eigenvalue weighted by Crippen LogP contribution is -2.74. The zero-order chi connectivity index (χ0) is 23.8. The van der Waals surface area contributed by atoms with Gasteiger partial charge in [0, 0.05) is 37.6 Å². The Morgan fingerprint density at radius 2 is 2.33 bits per heavy atom. The number of amides is 2. The van der Waals surface area contributed by atoms with E-state index in [1.54, 1.807) is 34.5 Å². The summed E-state index contributed by atoms with van der Waals surface area (Å²) in [5, 5.41) is 19.8. The molecule has 2 saturated heterocycles. The highest BCUT2D eigenvalue weighted by molar-refractivity contribution is 8.00. The number of thioether (sulfide) groups is 2. The Labute approximate surface area is 205 Å². The molecule has 2 aromatic heterocycles. The smallest absolute Gasteiger partial charge is 0.313 e. The predicted octanol–water partition coefficient (Wildman–Crippen LogP) is 1.54. The fourth-order valence-corrected chi connectivity index (χ4v) is 8.79. The normalized spacial score (nSPS) is 25.2. The van der Waals surface area contributed by atoms with Gasteiger partial charge in [0.1, 0.15) is 28.5 Å². The number of fused-ring (bicyclic) bond motifs is 1. The van der Waals surface area contributed by atoms with E-state index in [0.717, 1.165) is 4.31 Å². The first-order valence-electron chi connectivity index (χ1n) is 9.81. The van der Waals surface area contributed by atoms with Crippen molar-refractivity contribution in [3.05, 3.63) is 36.5 Å². The lowest BCUT2D eigenvalue weighted by molar-refractivity contribution is -0.161. The van der Waals surface area contributed by atoms with Gasteiger partial charge >= 0.3 is 5.97 Å². The van der Waals surface area contributed by atoms with E-state index in [1.807, 2.05) is 0 Å². The maximum atomic E-state index is 13.0. The van der Waals surface area contributed by atoms with Crippen molar-refractivity contribution in [2.45, 2.75) is 34.2 Å². The van der Waals surface area contributed by atoms with Crippen LogP contribution in [0.4, 0.5) is 0 Å². The summed E-state index contributed by atoms with van der Waals surface area (Å²) in [4.78, 5) is 39.1. The molecule has 0 radical (unpaired) electrons. The zero-order valence-corrected chi connectivity index (χ0v) is 20.8. The predicted molar refractivity (Wildman–Crippen MR) is 126 cm³/mol. The number of carboxylic acid groups (broad SMARTS) is 1. The molecule has 4 atom stereocenters. The van der Waals surface area contributed by atoms with Gasteiger partial charge in [0.05, 0.1) is 0 Å². The van der Waals surface area contributed by atoms with Crippen molar-refractivity contribution in [1.82, 2.24) is 24.0 Å². The Kier molecular flexibility index (Phi) is 7.09. The van der Waals surface area contributed by atoms with Crippen LogP contribution in [0.25, 0.3) is 0 Å². The Balaban J connectivity index is 1.49. The van der Waals surface area contributed by atoms with E-state index in [9.17, 15) is 24.0 Å². The first-order valence-corrected chi connectivity index (χ1v) is 13.8. The quantitative estimate of drug-likeness (QED) is 0.223. The molecule has 0 bridgehead atoms. The number of allylic oxidation sites excluding steroid dienone is 1. The van der Waals surface area contributed by atoms with Crippen LogP contribution >= 0.6 is 34.9 Å². The first-order chi connectivity index (χ1) is 15.8. The van der Waals surface area contributed by atoms with Crippen LogP contribution in [0, 0.1) is 5.41 Å². The second-order valence-electron chi connectivity index (χ2n) is 7.57. The molecule has 2 fully saturated rings. The number of aliphatic carboxylic acids is 1. The fraction of sp³-hybridized carbons (Fsp3) is 0.421. The zero-order valence-electron chi connectivity index (χ0n) is 17.5. The van der Waals surface area contributed by atoms with E-state index >= 15 is 0 Å². The molecule has 2 aromatic rings. The third-order valence-electron chi connectivity index (χ3n) is 5.36. The molecule has 3 unspecified atom stereocenters. The number of carbonyl (C=O) groups is 3. The number of aromatic nitrogens is 3. The second kappa shape index (κ2) is 9.70. The topological polar surface area (TPSA) is 132 Å². The molecule has 14 heteroatoms. The summed E-state index contributed by atoms with van der Waals surface area (Å²) in [6, 6.07) is 2.50. The molecule has 0 saturated carbocycles. The molecule has 0 spiro atoms. The number of hydrogen-bond donors (Lipinski definition) is 1. The SMILES string of the molecule is C=CCn1cnnc1SCC1(C(=O)O)CS[C@@H]2C(N(C(C)=O)[S+]([O-])c3cccs3)C(=O)N2C1. The molecule has 0 aliphatic carbocycles. The highest BCUT2D eigenvalue weighted by Crippen LogP contribution is 2.46. The second-order valence-corrected chi connectivity index (χ2v) is 12.2. The first kappa shape index (κ1) is 24.1. The molecule has 33 heavy (non-hydrogen) atoms. The van der Waals surface area contributed by atoms with Gasteiger partial charge in [0.25, 0.3) is 11.8 Å². The minimum Gasteiger partial charge on any atom is -0.587 e. The van der Waals surface area contributed by atoms with Crippen LogP contribution in [0.3, 0.4) is 0 Å². The van der Waals surface area contributed by atoms with Gasteiger partial charge in [-0.1, -0.05) is 29.2 Å². The van der Waals surface area contributed by atoms with E-state index in [1.165, 1.54) is 46.7 Å². The van der Waals surface area contributed by atoms with E-state index in [4.69, 9.17) is 0 Å². The van der Waals surface area contributed by atoms with Crippen molar-refractivity contribution in [1.29, 1.82) is 0 Å². The molecule has 1 N–H and O–H groups in total. The number of hydrogen-bond acceptors (Lipinski definition) is 9. The van der Waals surface area contributed by atoms with Crippen LogP contribution in [0.2, 0.25) is 0 Å². The highest BCUT2D eigenvalue weighted by atomic mass is 32.2. The number of carbonyl (C=O) groups excluding carboxylic acids is 2. The summed E-state index contributed by atoms with van der Waals surface area (Å²) in [7, 11) is 0. The molecule has 2 aliphatic rings. The van der Waals surface area contributed by atoms with Gasteiger partial charge in [-0.15, -0.1) is 32.8 Å². The van der Waals surface area contributed by atoms with Gasteiger partial charge in [0.15, 0.2) is 11.2 Å². The van der Waals surface area contributed by atoms with Crippen LogP contribution in [0.15, 0.2) is 45.9 Å². The third kappa shape index (κ3) is 4.41. The standard InChI is InChI=1S/C19H21N5O5S4/c1-3-6-22-11-20-21-18(22)32-10-19(17(27)28)8-23-15(26)14(16(23)31-9-19)24(12(2)25)33(29)13-5-4-7-30-13/h3-5,7,11,14,16H,1,6,8-10H2,2H3,(H,27,28)/t14?,16-,19?,33?/m1/s1. The van der Waals surface area contributed by atoms with E-state index in [0.29, 0.717) is 15.9 Å². The van der Waals surface area contributed by atoms with Crippen molar-refractivity contribution in [3.8, 4) is 0 Å². The van der Waals surface area contributed by atoms with Gasteiger partial charge in [-0.3, -0.25) is 14.4 Å². The monoisotopic (exact) mass is 527 g/mol. The van der Waals surface area contributed by atoms with Gasteiger partial charge in [-0.2, -0.15) is 0 Å². The average molecular weight is 528 g/mol. The van der Waals surface area contributed by atoms with Crippen molar-refractivity contribution >= 4 is 64.0 Å². The summed E-state index contributed by atoms with van der Waals surface area (Å²) in [5.74, 6) is -1.42. The molecule has 4 rings (SSSR count). The number of β-lactam (4-membered cyclic amide) rings is 1. The van der Waals surface area contributed by atoms with E-state index < -0.39 is 46.0 Å². The molecular weight excluding hydrogens is 507 g/mol. The number of carboxylic acids is 1. The Hall–Kier alpha value is -2.00. The van der Waals surface area contributed by atoms with Crippen LogP contribution in [0.1, 0.15) is 6.92 Å². The highest BCUT2D eigenvalue weighted by Gasteiger charge is 2.62. The van der Waals surface area contributed by atoms with Crippen molar-refractivity contribution in [2.24, 2.45) is 5.41 Å². The molecule has 10 nitrogen and oxygen atoms in total. The lowest BCUT2D eigenvalue weighted by Gasteiger charge is -2.54. The van der Waals surface area contributed by atoms with Crippen LogP contribution in [-0.4, -0.2) is 80.9 Å². The van der Waals surface area contributed by atoms with E-state index in [2.05, 4.69) is 16.8 Å². The van der Waals surface area contributed by atoms with Crippen molar-refractivity contribution in [2.75, 3.05) is 18.1 Å². The lowest BCUT2D eigenvalue weighted by atomic mass is 9.89. The van der Waals surface area contributed by atoms with Crippen molar-refractivity contribution < 1.29 is 24.0 Å². The van der Waals surface area contributed by atoms with Crippen LogP contribution < -0.4 is 0 Å². The van der Waals surface area contributed by atoms with Crippen LogP contribution in [0.5, 0.6) is 0 Å². The maximum absolute atomic E-state index is 13.0. The number of rotatable bonds is 9.